The van der Waals surface area contributed by atoms with Gasteiger partial charge in [0.15, 0.2) is 0 Å². The summed E-state index contributed by atoms with van der Waals surface area (Å²) in [7, 11) is 0. The Morgan fingerprint density at radius 3 is 2.83 bits per heavy atom. The number of amides is 1. The second-order valence-electron chi connectivity index (χ2n) is 5.89. The van der Waals surface area contributed by atoms with E-state index in [1.54, 1.807) is 18.3 Å². The van der Waals surface area contributed by atoms with Crippen LogP contribution in [0.4, 0.5) is 15.9 Å². The van der Waals surface area contributed by atoms with E-state index in [4.69, 9.17) is 0 Å². The molecule has 1 aromatic carbocycles. The van der Waals surface area contributed by atoms with Gasteiger partial charge in [0, 0.05) is 13.1 Å². The number of anilines is 2. The molecule has 1 N–H and O–H groups in total. The van der Waals surface area contributed by atoms with E-state index >= 15 is 0 Å². The molecule has 23 heavy (non-hydrogen) atoms. The van der Waals surface area contributed by atoms with Crippen LogP contribution < -0.4 is 10.2 Å². The molecule has 1 amide bonds. The maximum atomic E-state index is 13.6. The first-order chi connectivity index (χ1) is 11.1. The average molecular weight is 314 g/mol. The lowest BCUT2D eigenvalue weighted by Crippen LogP contribution is -2.35. The number of rotatable bonds is 3. The number of aromatic nitrogens is 2. The number of hydrogen-bond acceptors (Lipinski definition) is 4. The molecule has 5 nitrogen and oxygen atoms in total. The number of carbonyl (C=O) groups is 1. The second-order valence-corrected chi connectivity index (χ2v) is 5.89. The van der Waals surface area contributed by atoms with Crippen molar-refractivity contribution in [1.29, 1.82) is 0 Å². The van der Waals surface area contributed by atoms with Crippen LogP contribution in [-0.4, -0.2) is 29.0 Å². The summed E-state index contributed by atoms with van der Waals surface area (Å²) in [5.74, 6) is 0.461. The number of nitrogens with zero attached hydrogens (tertiary/aromatic N) is 3. The average Bonchev–Trinajstić information content (AvgIpc) is 2.57. The molecule has 120 valence electrons. The molecular formula is C17H19FN4O. The van der Waals surface area contributed by atoms with E-state index in [2.05, 4.69) is 27.1 Å². The molecule has 2 aromatic rings. The number of carbonyl (C=O) groups excluding carboxylic acids is 1. The van der Waals surface area contributed by atoms with Crippen LogP contribution in [0.1, 0.15) is 30.3 Å². The molecule has 1 unspecified atom stereocenters. The van der Waals surface area contributed by atoms with Gasteiger partial charge >= 0.3 is 0 Å². The molecule has 0 radical (unpaired) electrons. The third-order valence-electron chi connectivity index (χ3n) is 3.97. The van der Waals surface area contributed by atoms with Gasteiger partial charge in [0.25, 0.3) is 5.91 Å². The van der Waals surface area contributed by atoms with E-state index in [1.165, 1.54) is 24.8 Å². The van der Waals surface area contributed by atoms with Crippen LogP contribution in [0.5, 0.6) is 0 Å². The predicted molar refractivity (Wildman–Crippen MR) is 87.0 cm³/mol. The van der Waals surface area contributed by atoms with Crippen LogP contribution in [0.3, 0.4) is 0 Å². The minimum atomic E-state index is -0.479. The van der Waals surface area contributed by atoms with Crippen molar-refractivity contribution in [2.45, 2.75) is 19.8 Å². The molecule has 0 saturated carbocycles. The Bertz CT molecular complexity index is 689. The Kier molecular flexibility index (Phi) is 4.50. The summed E-state index contributed by atoms with van der Waals surface area (Å²) in [5, 5.41) is 2.50. The van der Waals surface area contributed by atoms with Gasteiger partial charge in [-0.15, -0.1) is 0 Å². The Labute approximate surface area is 134 Å². The minimum absolute atomic E-state index is 0.133. The van der Waals surface area contributed by atoms with Gasteiger partial charge < -0.3 is 10.2 Å². The number of benzene rings is 1. The van der Waals surface area contributed by atoms with E-state index in [9.17, 15) is 9.18 Å². The van der Waals surface area contributed by atoms with Gasteiger partial charge in [-0.3, -0.25) is 4.79 Å². The van der Waals surface area contributed by atoms with E-state index in [-0.39, 0.29) is 11.4 Å². The van der Waals surface area contributed by atoms with Crippen LogP contribution in [0.15, 0.2) is 36.7 Å². The SMILES string of the molecule is CC1CCCN(c2cnc(C(=O)Nc3ccccc3F)cn2)C1. The summed E-state index contributed by atoms with van der Waals surface area (Å²) >= 11 is 0. The van der Waals surface area contributed by atoms with Crippen molar-refractivity contribution in [3.63, 3.8) is 0 Å². The minimum Gasteiger partial charge on any atom is -0.355 e. The maximum Gasteiger partial charge on any atom is 0.275 e. The highest BCUT2D eigenvalue weighted by atomic mass is 19.1. The third kappa shape index (κ3) is 3.64. The van der Waals surface area contributed by atoms with Crippen LogP contribution in [0.2, 0.25) is 0 Å². The quantitative estimate of drug-likeness (QED) is 0.946. The summed E-state index contributed by atoms with van der Waals surface area (Å²) < 4.78 is 13.6. The molecule has 1 aromatic heterocycles. The highest BCUT2D eigenvalue weighted by Crippen LogP contribution is 2.20. The van der Waals surface area contributed by atoms with Crippen molar-refractivity contribution < 1.29 is 9.18 Å². The number of hydrogen-bond donors (Lipinski definition) is 1. The fourth-order valence-corrected chi connectivity index (χ4v) is 2.75. The second kappa shape index (κ2) is 6.73. The van der Waals surface area contributed by atoms with Gasteiger partial charge in [0.05, 0.1) is 18.1 Å². The number of nitrogens with one attached hydrogen (secondary N) is 1. The molecule has 0 bridgehead atoms. The zero-order valence-corrected chi connectivity index (χ0v) is 13.0. The zero-order valence-electron chi connectivity index (χ0n) is 13.0. The van der Waals surface area contributed by atoms with Gasteiger partial charge in [-0.2, -0.15) is 0 Å². The van der Waals surface area contributed by atoms with Gasteiger partial charge in [-0.1, -0.05) is 19.1 Å². The Balaban J connectivity index is 1.69. The monoisotopic (exact) mass is 314 g/mol. The lowest BCUT2D eigenvalue weighted by molar-refractivity contribution is 0.102. The third-order valence-corrected chi connectivity index (χ3v) is 3.97. The van der Waals surface area contributed by atoms with Crippen LogP contribution in [0, 0.1) is 11.7 Å². The van der Waals surface area contributed by atoms with Crippen molar-refractivity contribution in [2.24, 2.45) is 5.92 Å². The normalized spacial score (nSPS) is 17.8. The summed E-state index contributed by atoms with van der Waals surface area (Å²) in [6.07, 6.45) is 5.41. The molecule has 3 rings (SSSR count). The maximum absolute atomic E-state index is 13.6. The van der Waals surface area contributed by atoms with Crippen molar-refractivity contribution >= 4 is 17.4 Å². The van der Waals surface area contributed by atoms with E-state index in [0.29, 0.717) is 5.92 Å². The lowest BCUT2D eigenvalue weighted by Gasteiger charge is -2.31. The van der Waals surface area contributed by atoms with Gasteiger partial charge in [0.2, 0.25) is 0 Å². The first-order valence-electron chi connectivity index (χ1n) is 7.76. The fraction of sp³-hybridized carbons (Fsp3) is 0.353. The van der Waals surface area contributed by atoms with Gasteiger partial charge in [-0.05, 0) is 30.9 Å². The molecule has 6 heteroatoms. The largest absolute Gasteiger partial charge is 0.355 e. The molecular weight excluding hydrogens is 295 g/mol. The standard InChI is InChI=1S/C17H19FN4O/c1-12-5-4-8-22(11-12)16-10-19-15(9-20-16)17(23)21-14-7-3-2-6-13(14)18/h2-3,6-7,9-10,12H,4-5,8,11H2,1H3,(H,21,23). The van der Waals surface area contributed by atoms with Crippen LogP contribution in [0.25, 0.3) is 0 Å². The molecule has 1 atom stereocenters. The highest BCUT2D eigenvalue weighted by molar-refractivity contribution is 6.02. The molecule has 1 saturated heterocycles. The number of para-hydroxylation sites is 1. The van der Waals surface area contributed by atoms with Crippen molar-refractivity contribution in [1.82, 2.24) is 9.97 Å². The summed E-state index contributed by atoms with van der Waals surface area (Å²) in [5.41, 5.74) is 0.301. The smallest absolute Gasteiger partial charge is 0.275 e. The van der Waals surface area contributed by atoms with Crippen molar-refractivity contribution in [3.8, 4) is 0 Å². The van der Waals surface area contributed by atoms with E-state index in [0.717, 1.165) is 25.3 Å². The summed E-state index contributed by atoms with van der Waals surface area (Å²) in [6.45, 7) is 4.13. The summed E-state index contributed by atoms with van der Waals surface area (Å²) in [6, 6.07) is 6.02. The number of piperidine rings is 1. The van der Waals surface area contributed by atoms with E-state index < -0.39 is 11.7 Å². The van der Waals surface area contributed by atoms with Gasteiger partial charge in [-0.25, -0.2) is 14.4 Å². The zero-order chi connectivity index (χ0) is 16.2. The highest BCUT2D eigenvalue weighted by Gasteiger charge is 2.18. The fourth-order valence-electron chi connectivity index (χ4n) is 2.75. The molecule has 2 heterocycles. The predicted octanol–water partition coefficient (Wildman–Crippen LogP) is 3.10. The first-order valence-corrected chi connectivity index (χ1v) is 7.76. The lowest BCUT2D eigenvalue weighted by atomic mass is 10.0. The molecule has 0 aliphatic carbocycles. The Morgan fingerprint density at radius 2 is 2.13 bits per heavy atom. The van der Waals surface area contributed by atoms with Crippen molar-refractivity contribution in [3.05, 3.63) is 48.2 Å². The molecule has 1 aliphatic heterocycles. The molecule has 0 spiro atoms. The first kappa shape index (κ1) is 15.4. The topological polar surface area (TPSA) is 58.1 Å². The number of halogens is 1. The van der Waals surface area contributed by atoms with E-state index in [1.807, 2.05) is 0 Å². The van der Waals surface area contributed by atoms with Crippen LogP contribution in [-0.2, 0) is 0 Å². The Morgan fingerprint density at radius 1 is 1.30 bits per heavy atom. The molecule has 1 fully saturated rings. The van der Waals surface area contributed by atoms with Crippen LogP contribution >= 0.6 is 0 Å². The van der Waals surface area contributed by atoms with Gasteiger partial charge in [0.1, 0.15) is 17.3 Å². The summed E-state index contributed by atoms with van der Waals surface area (Å²) in [4.78, 5) is 22.8. The van der Waals surface area contributed by atoms with Crippen molar-refractivity contribution in [2.75, 3.05) is 23.3 Å². The Hall–Kier alpha value is -2.50. The molecule has 1 aliphatic rings.